The number of aliphatic hydroxyl groups is 2. The molecule has 0 saturated carbocycles. The Kier molecular flexibility index (Phi) is 5.58. The predicted molar refractivity (Wildman–Crippen MR) is 72.1 cm³/mol. The number of aromatic nitrogens is 1. The van der Waals surface area contributed by atoms with Crippen LogP contribution in [0.15, 0.2) is 12.3 Å². The van der Waals surface area contributed by atoms with Gasteiger partial charge in [-0.1, -0.05) is 11.8 Å². The molecule has 1 aromatic rings. The van der Waals surface area contributed by atoms with Gasteiger partial charge in [-0.25, -0.2) is 4.98 Å². The second-order valence-corrected chi connectivity index (χ2v) is 5.38. The van der Waals surface area contributed by atoms with Crippen LogP contribution in [-0.2, 0) is 4.79 Å². The van der Waals surface area contributed by atoms with Gasteiger partial charge in [0.15, 0.2) is 5.12 Å². The number of hydrogen-bond donors (Lipinski definition) is 3. The zero-order valence-corrected chi connectivity index (χ0v) is 11.3. The number of aryl methyl sites for hydroxylation is 1. The quantitative estimate of drug-likeness (QED) is 0.739. The lowest BCUT2D eigenvalue weighted by Gasteiger charge is -2.18. The maximum Gasteiger partial charge on any atom is 0.185 e. The van der Waals surface area contributed by atoms with E-state index in [2.05, 4.69) is 4.98 Å². The molecule has 1 aromatic heterocycles. The summed E-state index contributed by atoms with van der Waals surface area (Å²) in [5.41, 5.74) is 6.87. The lowest BCUT2D eigenvalue weighted by molar-refractivity contribution is -0.109. The van der Waals surface area contributed by atoms with Crippen LogP contribution < -0.4 is 5.73 Å². The molecule has 0 fully saturated rings. The normalized spacial score (nSPS) is 14.2. The van der Waals surface area contributed by atoms with Crippen molar-refractivity contribution in [3.63, 3.8) is 0 Å². The molecule has 6 heteroatoms. The van der Waals surface area contributed by atoms with Crippen LogP contribution in [0.1, 0.15) is 30.6 Å². The summed E-state index contributed by atoms with van der Waals surface area (Å²) in [6.07, 6.45) is -0.130. The second kappa shape index (κ2) is 6.72. The Morgan fingerprint density at radius 1 is 1.56 bits per heavy atom. The van der Waals surface area contributed by atoms with Crippen LogP contribution in [0.5, 0.6) is 0 Å². The molecule has 0 spiro atoms. The molecular weight excluding hydrogens is 252 g/mol. The van der Waals surface area contributed by atoms with Crippen molar-refractivity contribution < 1.29 is 15.0 Å². The summed E-state index contributed by atoms with van der Waals surface area (Å²) in [5, 5.41) is 19.8. The zero-order valence-electron chi connectivity index (χ0n) is 10.5. The van der Waals surface area contributed by atoms with E-state index in [4.69, 9.17) is 5.73 Å². The Morgan fingerprint density at radius 3 is 2.78 bits per heavy atom. The molecule has 2 atom stereocenters. The van der Waals surface area contributed by atoms with Crippen LogP contribution in [-0.4, -0.2) is 32.2 Å². The van der Waals surface area contributed by atoms with Gasteiger partial charge in [0.05, 0.1) is 6.10 Å². The van der Waals surface area contributed by atoms with Gasteiger partial charge in [-0.15, -0.1) is 0 Å². The van der Waals surface area contributed by atoms with Crippen LogP contribution in [0, 0.1) is 6.92 Å². The molecule has 4 N–H and O–H groups in total. The van der Waals surface area contributed by atoms with E-state index in [1.54, 1.807) is 13.0 Å². The first-order valence-electron chi connectivity index (χ1n) is 5.63. The fourth-order valence-corrected chi connectivity index (χ4v) is 2.12. The van der Waals surface area contributed by atoms with Crippen LogP contribution >= 0.6 is 11.8 Å². The Morgan fingerprint density at radius 2 is 2.22 bits per heavy atom. The largest absolute Gasteiger partial charge is 0.390 e. The van der Waals surface area contributed by atoms with E-state index in [0.717, 1.165) is 17.3 Å². The minimum atomic E-state index is -1.01. The van der Waals surface area contributed by atoms with Crippen molar-refractivity contribution >= 4 is 22.7 Å². The number of aliphatic hydroxyl groups excluding tert-OH is 2. The molecule has 0 aromatic carbocycles. The summed E-state index contributed by atoms with van der Waals surface area (Å²) in [4.78, 5) is 14.7. The topological polar surface area (TPSA) is 96.4 Å². The van der Waals surface area contributed by atoms with Crippen molar-refractivity contribution in [1.29, 1.82) is 0 Å². The third-order valence-electron chi connectivity index (χ3n) is 2.56. The molecule has 0 radical (unpaired) electrons. The molecule has 0 saturated heterocycles. The number of anilines is 1. The van der Waals surface area contributed by atoms with Crippen LogP contribution in [0.4, 0.5) is 5.82 Å². The number of carbonyl (C=O) groups excluding carboxylic acids is 1. The van der Waals surface area contributed by atoms with Crippen molar-refractivity contribution in [3.05, 3.63) is 23.4 Å². The number of carbonyl (C=O) groups is 1. The van der Waals surface area contributed by atoms with Gasteiger partial charge in [0.2, 0.25) is 0 Å². The lowest BCUT2D eigenvalue weighted by atomic mass is 10.0. The van der Waals surface area contributed by atoms with E-state index in [0.29, 0.717) is 23.6 Å². The molecule has 0 bridgehead atoms. The molecule has 0 amide bonds. The van der Waals surface area contributed by atoms with Gasteiger partial charge in [-0.2, -0.15) is 0 Å². The number of pyridine rings is 1. The number of nitrogens with two attached hydrogens (primary N) is 1. The number of nitrogens with zero attached hydrogens (tertiary/aromatic N) is 1. The van der Waals surface area contributed by atoms with Crippen molar-refractivity contribution in [3.8, 4) is 0 Å². The minimum absolute atomic E-state index is 0.00156. The molecule has 1 heterocycles. The summed E-state index contributed by atoms with van der Waals surface area (Å²) in [6.45, 7) is 3.26. The number of thioether (sulfide) groups is 1. The van der Waals surface area contributed by atoms with Crippen LogP contribution in [0.2, 0.25) is 0 Å². The monoisotopic (exact) mass is 270 g/mol. The summed E-state index contributed by atoms with van der Waals surface area (Å²) in [7, 11) is 0. The summed E-state index contributed by atoms with van der Waals surface area (Å²) in [5.74, 6) is 0.891. The molecule has 0 aliphatic carbocycles. The minimum Gasteiger partial charge on any atom is -0.390 e. The second-order valence-electron chi connectivity index (χ2n) is 4.11. The summed E-state index contributed by atoms with van der Waals surface area (Å²) >= 11 is 1.13. The Hall–Kier alpha value is -1.11. The molecule has 100 valence electrons. The van der Waals surface area contributed by atoms with Crippen LogP contribution in [0.3, 0.4) is 0 Å². The average molecular weight is 270 g/mol. The number of nitrogen functional groups attached to an aromatic ring is 1. The highest BCUT2D eigenvalue weighted by Gasteiger charge is 2.19. The standard InChI is InChI=1S/C12H18N2O3S/c1-7-5-9(6-14-12(7)13)11(17)10(16)3-4-18-8(2)15/h5-6,10-11,16-17H,3-4H2,1-2H3,(H2,13,14). The van der Waals surface area contributed by atoms with Gasteiger partial charge in [0.1, 0.15) is 11.9 Å². The highest BCUT2D eigenvalue weighted by Crippen LogP contribution is 2.22. The first-order chi connectivity index (χ1) is 8.41. The van der Waals surface area contributed by atoms with Gasteiger partial charge in [-0.3, -0.25) is 4.79 Å². The Labute approximate surface area is 110 Å². The molecule has 1 rings (SSSR count). The van der Waals surface area contributed by atoms with Gasteiger partial charge >= 0.3 is 0 Å². The highest BCUT2D eigenvalue weighted by molar-refractivity contribution is 8.13. The van der Waals surface area contributed by atoms with Gasteiger partial charge in [-0.05, 0) is 25.0 Å². The number of rotatable bonds is 5. The van der Waals surface area contributed by atoms with Crippen molar-refractivity contribution in [2.24, 2.45) is 0 Å². The molecular formula is C12H18N2O3S. The smallest absolute Gasteiger partial charge is 0.185 e. The maximum atomic E-state index is 10.7. The van der Waals surface area contributed by atoms with Gasteiger partial charge < -0.3 is 15.9 Å². The molecule has 18 heavy (non-hydrogen) atoms. The fraction of sp³-hybridized carbons (Fsp3) is 0.500. The maximum absolute atomic E-state index is 10.7. The first-order valence-corrected chi connectivity index (χ1v) is 6.62. The lowest BCUT2D eigenvalue weighted by Crippen LogP contribution is -2.19. The summed E-state index contributed by atoms with van der Waals surface area (Å²) < 4.78 is 0. The van der Waals surface area contributed by atoms with E-state index in [9.17, 15) is 15.0 Å². The first kappa shape index (κ1) is 14.9. The Bertz CT molecular complexity index is 426. The third-order valence-corrected chi connectivity index (χ3v) is 3.41. The highest BCUT2D eigenvalue weighted by atomic mass is 32.2. The van der Waals surface area contributed by atoms with Gasteiger partial charge in [0.25, 0.3) is 0 Å². The van der Waals surface area contributed by atoms with E-state index in [1.165, 1.54) is 13.1 Å². The third kappa shape index (κ3) is 4.29. The average Bonchev–Trinajstić information content (AvgIpc) is 2.31. The van der Waals surface area contributed by atoms with E-state index >= 15 is 0 Å². The van der Waals surface area contributed by atoms with E-state index in [-0.39, 0.29) is 5.12 Å². The van der Waals surface area contributed by atoms with E-state index < -0.39 is 12.2 Å². The van der Waals surface area contributed by atoms with Crippen molar-refractivity contribution in [1.82, 2.24) is 4.98 Å². The molecule has 5 nitrogen and oxygen atoms in total. The van der Waals surface area contributed by atoms with Crippen molar-refractivity contribution in [2.45, 2.75) is 32.5 Å². The molecule has 0 aliphatic rings. The predicted octanol–water partition coefficient (Wildman–Crippen LogP) is 1.04. The van der Waals surface area contributed by atoms with Crippen molar-refractivity contribution in [2.75, 3.05) is 11.5 Å². The molecule has 0 aliphatic heterocycles. The number of hydrogen-bond acceptors (Lipinski definition) is 6. The summed E-state index contributed by atoms with van der Waals surface area (Å²) in [6, 6.07) is 1.70. The zero-order chi connectivity index (χ0) is 13.7. The van der Waals surface area contributed by atoms with Gasteiger partial charge in [0, 0.05) is 24.4 Å². The van der Waals surface area contributed by atoms with E-state index in [1.807, 2.05) is 0 Å². The SMILES string of the molecule is CC(=O)SCCC(O)C(O)c1cnc(N)c(C)c1. The van der Waals surface area contributed by atoms with Crippen LogP contribution in [0.25, 0.3) is 0 Å². The molecule has 2 unspecified atom stereocenters. The fourth-order valence-electron chi connectivity index (χ4n) is 1.47. The Balaban J connectivity index is 2.59.